The van der Waals surface area contributed by atoms with Crippen LogP contribution in [0.3, 0.4) is 0 Å². The molecule has 146 valence electrons. The van der Waals surface area contributed by atoms with Gasteiger partial charge in [-0.05, 0) is 24.3 Å². The fourth-order valence-electron chi connectivity index (χ4n) is 3.02. The second-order valence-corrected chi connectivity index (χ2v) is 6.04. The number of benzene rings is 1. The van der Waals surface area contributed by atoms with Crippen LogP contribution in [0.5, 0.6) is 11.5 Å². The topological polar surface area (TPSA) is 117 Å². The van der Waals surface area contributed by atoms with Gasteiger partial charge in [0.1, 0.15) is 11.8 Å². The predicted molar refractivity (Wildman–Crippen MR) is 102 cm³/mol. The average Bonchev–Trinajstić information content (AvgIpc) is 3.27. The Morgan fingerprint density at radius 1 is 1.14 bits per heavy atom. The number of aliphatic imine (C=N–C) groups is 1. The Bertz CT molecular complexity index is 909. The summed E-state index contributed by atoms with van der Waals surface area (Å²) < 4.78 is 15.8. The highest BCUT2D eigenvalue weighted by molar-refractivity contribution is 5.91. The van der Waals surface area contributed by atoms with Crippen molar-refractivity contribution < 1.29 is 18.7 Å². The number of carbonyl (C=O) groups excluding carboxylic acids is 1. The molecule has 1 saturated heterocycles. The van der Waals surface area contributed by atoms with Gasteiger partial charge in [0.2, 0.25) is 0 Å². The van der Waals surface area contributed by atoms with E-state index in [-0.39, 0.29) is 5.91 Å². The van der Waals surface area contributed by atoms with Gasteiger partial charge in [0.05, 0.1) is 26.0 Å². The van der Waals surface area contributed by atoms with Gasteiger partial charge in [-0.2, -0.15) is 5.26 Å². The van der Waals surface area contributed by atoms with Crippen LogP contribution in [0.15, 0.2) is 39.9 Å². The van der Waals surface area contributed by atoms with E-state index < -0.39 is 0 Å². The van der Waals surface area contributed by atoms with Gasteiger partial charge in [-0.1, -0.05) is 0 Å². The number of furan rings is 1. The van der Waals surface area contributed by atoms with E-state index in [1.807, 2.05) is 4.90 Å². The third-order valence-electron chi connectivity index (χ3n) is 4.48. The van der Waals surface area contributed by atoms with E-state index in [1.165, 1.54) is 20.5 Å². The summed E-state index contributed by atoms with van der Waals surface area (Å²) in [6, 6.07) is 8.65. The zero-order chi connectivity index (χ0) is 20.1. The number of nitrogens with two attached hydrogens (primary N) is 1. The zero-order valence-electron chi connectivity index (χ0n) is 15.7. The number of piperazine rings is 1. The largest absolute Gasteiger partial charge is 0.491 e. The summed E-state index contributed by atoms with van der Waals surface area (Å²) in [5, 5.41) is 9.19. The second-order valence-electron chi connectivity index (χ2n) is 6.04. The van der Waals surface area contributed by atoms with E-state index in [0.29, 0.717) is 60.6 Å². The fourth-order valence-corrected chi connectivity index (χ4v) is 3.02. The highest BCUT2D eigenvalue weighted by Gasteiger charge is 2.25. The fraction of sp³-hybridized carbons (Fsp3) is 0.316. The van der Waals surface area contributed by atoms with Gasteiger partial charge in [0, 0.05) is 26.2 Å². The molecule has 1 aliphatic heterocycles. The van der Waals surface area contributed by atoms with Crippen molar-refractivity contribution in [2.24, 2.45) is 10.7 Å². The van der Waals surface area contributed by atoms with Crippen molar-refractivity contribution in [2.75, 3.05) is 40.4 Å². The van der Waals surface area contributed by atoms with E-state index in [4.69, 9.17) is 19.6 Å². The van der Waals surface area contributed by atoms with E-state index >= 15 is 0 Å². The highest BCUT2D eigenvalue weighted by atomic mass is 16.5. The van der Waals surface area contributed by atoms with Crippen LogP contribution in [-0.2, 0) is 0 Å². The normalized spacial score (nSPS) is 14.5. The van der Waals surface area contributed by atoms with Crippen LogP contribution in [0.25, 0.3) is 0 Å². The molecule has 0 bridgehead atoms. The van der Waals surface area contributed by atoms with Crippen molar-refractivity contribution in [1.29, 1.82) is 5.26 Å². The lowest BCUT2D eigenvalue weighted by molar-refractivity contribution is 0.0659. The van der Waals surface area contributed by atoms with Gasteiger partial charge < -0.3 is 29.4 Å². The Balaban J connectivity index is 1.73. The van der Waals surface area contributed by atoms with Crippen molar-refractivity contribution in [2.45, 2.75) is 0 Å². The molecule has 0 aliphatic carbocycles. The van der Waals surface area contributed by atoms with Crippen molar-refractivity contribution in [3.8, 4) is 17.6 Å². The molecule has 2 heterocycles. The molecule has 0 unspecified atom stereocenters. The molecular weight excluding hydrogens is 362 g/mol. The SMILES string of the molecule is COc1c(C#N)ccc(N=C(N)N2CCN(C(=O)c3ccco3)CC2)c1OC. The molecule has 0 atom stereocenters. The number of methoxy groups -OCH3 is 2. The molecule has 1 aliphatic rings. The molecule has 1 fully saturated rings. The minimum atomic E-state index is -0.140. The first kappa shape index (κ1) is 19.1. The zero-order valence-corrected chi connectivity index (χ0v) is 15.7. The first-order valence-electron chi connectivity index (χ1n) is 8.66. The van der Waals surface area contributed by atoms with Gasteiger partial charge in [0.15, 0.2) is 23.2 Å². The molecule has 3 rings (SSSR count). The number of nitrogens with zero attached hydrogens (tertiary/aromatic N) is 4. The molecule has 9 nitrogen and oxygen atoms in total. The summed E-state index contributed by atoms with van der Waals surface area (Å²) >= 11 is 0. The van der Waals surface area contributed by atoms with Gasteiger partial charge in [-0.15, -0.1) is 0 Å². The molecule has 0 radical (unpaired) electrons. The molecular formula is C19H21N5O4. The van der Waals surface area contributed by atoms with Crippen molar-refractivity contribution in [1.82, 2.24) is 9.80 Å². The third-order valence-corrected chi connectivity index (χ3v) is 4.48. The van der Waals surface area contributed by atoms with Gasteiger partial charge in [-0.3, -0.25) is 4.79 Å². The van der Waals surface area contributed by atoms with E-state index in [0.717, 1.165) is 0 Å². The number of hydrogen-bond acceptors (Lipinski definition) is 6. The van der Waals surface area contributed by atoms with E-state index in [9.17, 15) is 10.1 Å². The smallest absolute Gasteiger partial charge is 0.289 e. The lowest BCUT2D eigenvalue weighted by Gasteiger charge is -2.34. The van der Waals surface area contributed by atoms with Gasteiger partial charge >= 0.3 is 0 Å². The van der Waals surface area contributed by atoms with Gasteiger partial charge in [0.25, 0.3) is 5.91 Å². The molecule has 0 saturated carbocycles. The lowest BCUT2D eigenvalue weighted by Crippen LogP contribution is -2.52. The summed E-state index contributed by atoms with van der Waals surface area (Å²) in [6.07, 6.45) is 1.48. The van der Waals surface area contributed by atoms with Crippen LogP contribution >= 0.6 is 0 Å². The third kappa shape index (κ3) is 3.71. The second kappa shape index (κ2) is 8.35. The minimum Gasteiger partial charge on any atom is -0.491 e. The summed E-state index contributed by atoms with van der Waals surface area (Å²) in [7, 11) is 2.94. The number of ether oxygens (including phenoxy) is 2. The van der Waals surface area contributed by atoms with Crippen LogP contribution in [0.1, 0.15) is 16.1 Å². The number of nitriles is 1. The minimum absolute atomic E-state index is 0.140. The van der Waals surface area contributed by atoms with Crippen LogP contribution in [-0.4, -0.2) is 62.1 Å². The van der Waals surface area contributed by atoms with Crippen LogP contribution < -0.4 is 15.2 Å². The first-order valence-corrected chi connectivity index (χ1v) is 8.66. The number of carbonyl (C=O) groups is 1. The number of hydrogen-bond donors (Lipinski definition) is 1. The first-order chi connectivity index (χ1) is 13.6. The number of rotatable bonds is 4. The molecule has 9 heteroatoms. The van der Waals surface area contributed by atoms with Crippen molar-refractivity contribution in [3.63, 3.8) is 0 Å². The van der Waals surface area contributed by atoms with E-state index in [2.05, 4.69) is 11.1 Å². The Morgan fingerprint density at radius 3 is 2.39 bits per heavy atom. The Kier molecular flexibility index (Phi) is 5.69. The maximum absolute atomic E-state index is 12.3. The molecule has 2 aromatic rings. The number of guanidine groups is 1. The Labute approximate surface area is 162 Å². The van der Waals surface area contributed by atoms with Crippen LogP contribution in [0.2, 0.25) is 0 Å². The molecule has 0 spiro atoms. The molecule has 2 N–H and O–H groups in total. The maximum atomic E-state index is 12.3. The quantitative estimate of drug-likeness (QED) is 0.629. The Morgan fingerprint density at radius 2 is 1.82 bits per heavy atom. The Hall–Kier alpha value is -3.67. The monoisotopic (exact) mass is 383 g/mol. The molecule has 28 heavy (non-hydrogen) atoms. The summed E-state index contributed by atoms with van der Waals surface area (Å²) in [5.74, 6) is 1.14. The highest BCUT2D eigenvalue weighted by Crippen LogP contribution is 2.39. The van der Waals surface area contributed by atoms with Crippen molar-refractivity contribution >= 4 is 17.6 Å². The van der Waals surface area contributed by atoms with Crippen LogP contribution in [0, 0.1) is 11.3 Å². The van der Waals surface area contributed by atoms with Crippen molar-refractivity contribution in [3.05, 3.63) is 41.9 Å². The number of amides is 1. The summed E-state index contributed by atoms with van der Waals surface area (Å²) in [4.78, 5) is 20.4. The predicted octanol–water partition coefficient (Wildman–Crippen LogP) is 1.57. The standard InChI is InChI=1S/C19H21N5O4/c1-26-16-13(12-20)5-6-14(17(16)27-2)22-19(21)24-9-7-23(8-10-24)18(25)15-4-3-11-28-15/h3-6,11H,7-10H2,1-2H3,(H2,21,22). The van der Waals surface area contributed by atoms with Crippen LogP contribution in [0.4, 0.5) is 5.69 Å². The molecule has 1 amide bonds. The maximum Gasteiger partial charge on any atom is 0.289 e. The summed E-state index contributed by atoms with van der Waals surface area (Å²) in [6.45, 7) is 2.09. The average molecular weight is 383 g/mol. The van der Waals surface area contributed by atoms with E-state index in [1.54, 1.807) is 29.2 Å². The molecule has 1 aromatic carbocycles. The summed E-state index contributed by atoms with van der Waals surface area (Å²) in [5.41, 5.74) is 6.99. The molecule has 1 aromatic heterocycles. The van der Waals surface area contributed by atoms with Gasteiger partial charge in [-0.25, -0.2) is 4.99 Å². The lowest BCUT2D eigenvalue weighted by atomic mass is 10.1.